The number of imidazole rings is 1. The van der Waals surface area contributed by atoms with E-state index in [0.29, 0.717) is 12.2 Å². The Labute approximate surface area is 188 Å². The number of rotatable bonds is 7. The number of aromatic nitrogens is 5. The van der Waals surface area contributed by atoms with E-state index in [9.17, 15) is 19.5 Å². The third-order valence-corrected chi connectivity index (χ3v) is 6.00. The monoisotopic (exact) mass is 453 g/mol. The molecule has 10 heteroatoms. The zero-order chi connectivity index (χ0) is 23.9. The van der Waals surface area contributed by atoms with Gasteiger partial charge in [0.15, 0.2) is 11.2 Å². The molecule has 0 saturated heterocycles. The highest BCUT2D eigenvalue weighted by atomic mass is 16.5. The number of aromatic hydroxyl groups is 1. The van der Waals surface area contributed by atoms with Crippen LogP contribution in [0.25, 0.3) is 16.9 Å². The maximum Gasteiger partial charge on any atom is 0.332 e. The molecule has 33 heavy (non-hydrogen) atoms. The molecule has 0 aliphatic heterocycles. The first kappa shape index (κ1) is 22.4. The van der Waals surface area contributed by atoms with E-state index in [1.165, 1.54) is 27.6 Å². The minimum absolute atomic E-state index is 0.0137. The molecular weight excluding hydrogens is 426 g/mol. The third-order valence-electron chi connectivity index (χ3n) is 6.00. The summed E-state index contributed by atoms with van der Waals surface area (Å²) in [5.74, 6) is 0.607. The number of methoxy groups -OCH3 is 1. The van der Waals surface area contributed by atoms with Crippen LogP contribution in [-0.4, -0.2) is 35.3 Å². The Morgan fingerprint density at radius 3 is 2.33 bits per heavy atom. The van der Waals surface area contributed by atoms with Crippen molar-refractivity contribution in [3.63, 3.8) is 0 Å². The third kappa shape index (κ3) is 3.61. The van der Waals surface area contributed by atoms with Crippen LogP contribution in [-0.2, 0) is 27.1 Å². The number of nitrogens with zero attached hydrogens (tertiary/aromatic N) is 5. The average molecular weight is 453 g/mol. The van der Waals surface area contributed by atoms with Crippen molar-refractivity contribution >= 4 is 16.9 Å². The van der Waals surface area contributed by atoms with E-state index in [4.69, 9.17) is 4.74 Å². The summed E-state index contributed by atoms with van der Waals surface area (Å²) >= 11 is 0. The van der Waals surface area contributed by atoms with Crippen molar-refractivity contribution < 1.29 is 9.84 Å². The van der Waals surface area contributed by atoms with Crippen molar-refractivity contribution in [2.45, 2.75) is 39.2 Å². The number of unbranched alkanes of at least 4 members (excludes halogenated alkanes) is 2. The van der Waals surface area contributed by atoms with E-state index >= 15 is 0 Å². The molecule has 0 fully saturated rings. The molecule has 0 saturated carbocycles. The minimum atomic E-state index is -0.612. The lowest BCUT2D eigenvalue weighted by molar-refractivity contribution is 0.409. The zero-order valence-corrected chi connectivity index (χ0v) is 19.2. The Bertz CT molecular complexity index is 1520. The highest BCUT2D eigenvalue weighted by molar-refractivity contribution is 5.75. The Balaban J connectivity index is 2.06. The Morgan fingerprint density at radius 2 is 1.70 bits per heavy atom. The van der Waals surface area contributed by atoms with Crippen LogP contribution in [0.5, 0.6) is 11.6 Å². The molecule has 0 aliphatic carbocycles. The first-order valence-electron chi connectivity index (χ1n) is 10.9. The second-order valence-corrected chi connectivity index (χ2v) is 8.12. The number of fused-ring (bicyclic) bond motifs is 3. The molecule has 3 aromatic heterocycles. The molecule has 1 N–H and O–H groups in total. The number of hydrogen-bond donors (Lipinski definition) is 1. The second-order valence-electron chi connectivity index (χ2n) is 8.12. The lowest BCUT2D eigenvalue weighted by Crippen LogP contribution is -2.38. The summed E-state index contributed by atoms with van der Waals surface area (Å²) in [6.07, 6.45) is 2.94. The maximum absolute atomic E-state index is 13.5. The van der Waals surface area contributed by atoms with Crippen molar-refractivity contribution in [3.8, 4) is 11.6 Å². The van der Waals surface area contributed by atoms with E-state index in [2.05, 4.69) is 11.9 Å². The molecule has 4 aromatic rings. The van der Waals surface area contributed by atoms with Gasteiger partial charge < -0.3 is 9.84 Å². The maximum atomic E-state index is 13.5. The molecule has 0 unspecified atom stereocenters. The number of hydrogen-bond acceptors (Lipinski definition) is 6. The lowest BCUT2D eigenvalue weighted by atomic mass is 10.1. The van der Waals surface area contributed by atoms with E-state index in [0.717, 1.165) is 29.4 Å². The Hall–Kier alpha value is -3.82. The fourth-order valence-corrected chi connectivity index (χ4v) is 4.08. The first-order valence-corrected chi connectivity index (χ1v) is 10.9. The fraction of sp³-hybridized carbons (Fsp3) is 0.391. The quantitative estimate of drug-likeness (QED) is 0.425. The molecule has 4 rings (SSSR count). The van der Waals surface area contributed by atoms with Gasteiger partial charge in [-0.05, 0) is 30.5 Å². The molecule has 174 valence electrons. The standard InChI is InChI=1S/C23H27N5O5/c1-5-6-7-8-16-19(29)27(13-14-9-11-15(33-4)12-10-14)22-24-18-17(28(22)20(16)30)21(31)26(3)23(32)25(18)2/h9-12,29H,5-8,13H2,1-4H3. The average Bonchev–Trinajstić information content (AvgIpc) is 3.22. The molecule has 0 spiro atoms. The molecular formula is C23H27N5O5. The Kier molecular flexibility index (Phi) is 5.84. The van der Waals surface area contributed by atoms with Gasteiger partial charge in [-0.3, -0.25) is 23.3 Å². The Morgan fingerprint density at radius 1 is 1.00 bits per heavy atom. The number of aryl methyl sites for hydroxylation is 1. The van der Waals surface area contributed by atoms with Gasteiger partial charge in [0.05, 0.1) is 19.2 Å². The molecule has 0 radical (unpaired) electrons. The predicted molar refractivity (Wildman–Crippen MR) is 124 cm³/mol. The van der Waals surface area contributed by atoms with Crippen LogP contribution >= 0.6 is 0 Å². The van der Waals surface area contributed by atoms with Crippen molar-refractivity contribution in [1.82, 2.24) is 23.1 Å². The molecule has 0 amide bonds. The summed E-state index contributed by atoms with van der Waals surface area (Å²) in [6, 6.07) is 7.30. The van der Waals surface area contributed by atoms with Gasteiger partial charge in [-0.15, -0.1) is 0 Å². The van der Waals surface area contributed by atoms with Crippen LogP contribution in [0.1, 0.15) is 37.3 Å². The zero-order valence-electron chi connectivity index (χ0n) is 19.2. The van der Waals surface area contributed by atoms with Gasteiger partial charge in [-0.2, -0.15) is 4.98 Å². The van der Waals surface area contributed by atoms with Crippen LogP contribution < -0.4 is 21.5 Å². The lowest BCUT2D eigenvalue weighted by Gasteiger charge is -2.15. The highest BCUT2D eigenvalue weighted by Gasteiger charge is 2.24. The van der Waals surface area contributed by atoms with Crippen LogP contribution in [0.2, 0.25) is 0 Å². The van der Waals surface area contributed by atoms with Crippen LogP contribution in [0, 0.1) is 0 Å². The molecule has 0 atom stereocenters. The summed E-state index contributed by atoms with van der Waals surface area (Å²) in [4.78, 5) is 43.4. The molecule has 0 bridgehead atoms. The van der Waals surface area contributed by atoms with E-state index in [1.54, 1.807) is 19.2 Å². The van der Waals surface area contributed by atoms with Crippen molar-refractivity contribution in [2.24, 2.45) is 14.1 Å². The van der Waals surface area contributed by atoms with Crippen LogP contribution in [0.4, 0.5) is 0 Å². The van der Waals surface area contributed by atoms with Crippen molar-refractivity contribution in [3.05, 3.63) is 66.6 Å². The van der Waals surface area contributed by atoms with E-state index < -0.39 is 16.8 Å². The summed E-state index contributed by atoms with van der Waals surface area (Å²) in [7, 11) is 4.44. The first-order chi connectivity index (χ1) is 15.8. The SMILES string of the molecule is CCCCCc1c(O)n(Cc2ccc(OC)cc2)c2nc3c(c(=O)n(C)c(=O)n3C)n2c1=O. The normalized spacial score (nSPS) is 11.5. The minimum Gasteiger partial charge on any atom is -0.497 e. The smallest absolute Gasteiger partial charge is 0.332 e. The van der Waals surface area contributed by atoms with Crippen molar-refractivity contribution in [2.75, 3.05) is 7.11 Å². The topological polar surface area (TPSA) is 113 Å². The van der Waals surface area contributed by atoms with Gasteiger partial charge in [0.1, 0.15) is 5.75 Å². The highest BCUT2D eigenvalue weighted by Crippen LogP contribution is 2.23. The van der Waals surface area contributed by atoms with Gasteiger partial charge in [0.2, 0.25) is 11.7 Å². The van der Waals surface area contributed by atoms with Gasteiger partial charge in [0, 0.05) is 14.1 Å². The predicted octanol–water partition coefficient (Wildman–Crippen LogP) is 1.54. The van der Waals surface area contributed by atoms with Gasteiger partial charge in [-0.25, -0.2) is 9.20 Å². The summed E-state index contributed by atoms with van der Waals surface area (Å²) in [5.41, 5.74) is -0.488. The van der Waals surface area contributed by atoms with Crippen molar-refractivity contribution in [1.29, 1.82) is 0 Å². The fourth-order valence-electron chi connectivity index (χ4n) is 4.08. The van der Waals surface area contributed by atoms with Gasteiger partial charge in [-0.1, -0.05) is 31.9 Å². The molecule has 0 aliphatic rings. The largest absolute Gasteiger partial charge is 0.497 e. The number of benzene rings is 1. The molecule has 3 heterocycles. The van der Waals surface area contributed by atoms with E-state index in [1.807, 2.05) is 12.1 Å². The van der Waals surface area contributed by atoms with E-state index in [-0.39, 0.29) is 34.9 Å². The number of ether oxygens (including phenoxy) is 1. The van der Waals surface area contributed by atoms with Gasteiger partial charge >= 0.3 is 5.69 Å². The summed E-state index contributed by atoms with van der Waals surface area (Å²) in [6.45, 7) is 2.26. The summed E-state index contributed by atoms with van der Waals surface area (Å²) in [5, 5.41) is 11.1. The van der Waals surface area contributed by atoms with Gasteiger partial charge in [0.25, 0.3) is 11.1 Å². The molecule has 10 nitrogen and oxygen atoms in total. The van der Waals surface area contributed by atoms with Crippen LogP contribution in [0.15, 0.2) is 38.6 Å². The molecule has 1 aromatic carbocycles. The van der Waals surface area contributed by atoms with Crippen LogP contribution in [0.3, 0.4) is 0 Å². The second kappa shape index (κ2) is 8.61. The summed E-state index contributed by atoms with van der Waals surface area (Å²) < 4.78 is 10.1.